The lowest BCUT2D eigenvalue weighted by atomic mass is 10.0. The summed E-state index contributed by atoms with van der Waals surface area (Å²) < 4.78 is 13.5. The first-order chi connectivity index (χ1) is 17.2. The van der Waals surface area contributed by atoms with Crippen LogP contribution < -0.4 is 5.32 Å². The van der Waals surface area contributed by atoms with Gasteiger partial charge in [-0.3, -0.25) is 10.1 Å². The largest absolute Gasteiger partial charge is 0.353 e. The molecule has 6 aromatic rings. The highest BCUT2D eigenvalue weighted by molar-refractivity contribution is 6.01. The van der Waals surface area contributed by atoms with Gasteiger partial charge >= 0.3 is 0 Å². The zero-order valence-corrected chi connectivity index (χ0v) is 19.1. The van der Waals surface area contributed by atoms with Gasteiger partial charge in [0.2, 0.25) is 0 Å². The van der Waals surface area contributed by atoms with Gasteiger partial charge in [-0.05, 0) is 59.6 Å². The predicted octanol–water partition coefficient (Wildman–Crippen LogP) is 6.08. The second-order valence-corrected chi connectivity index (χ2v) is 8.51. The monoisotopic (exact) mass is 462 g/mol. The van der Waals surface area contributed by atoms with Crippen molar-refractivity contribution in [2.75, 3.05) is 6.54 Å². The number of benzene rings is 2. The van der Waals surface area contributed by atoms with E-state index in [4.69, 9.17) is 0 Å². The molecule has 0 bridgehead atoms. The minimum absolute atomic E-state index is 0.245. The van der Waals surface area contributed by atoms with Crippen molar-refractivity contribution < 1.29 is 4.39 Å². The van der Waals surface area contributed by atoms with Crippen LogP contribution in [0.25, 0.3) is 55.6 Å². The summed E-state index contributed by atoms with van der Waals surface area (Å²) in [5.74, 6) is -0.245. The Morgan fingerprint density at radius 2 is 1.74 bits per heavy atom. The van der Waals surface area contributed by atoms with E-state index in [2.05, 4.69) is 55.6 Å². The number of hydrogen-bond acceptors (Lipinski definition) is 4. The predicted molar refractivity (Wildman–Crippen MR) is 137 cm³/mol. The zero-order chi connectivity index (χ0) is 23.8. The first-order valence-corrected chi connectivity index (χ1v) is 11.6. The van der Waals surface area contributed by atoms with Crippen molar-refractivity contribution >= 4 is 21.9 Å². The van der Waals surface area contributed by atoms with E-state index in [1.165, 1.54) is 12.1 Å². The highest BCUT2D eigenvalue weighted by Gasteiger charge is 2.15. The second-order valence-electron chi connectivity index (χ2n) is 8.51. The lowest BCUT2D eigenvalue weighted by molar-refractivity contribution is 0.628. The molecule has 0 radical (unpaired) electrons. The average Bonchev–Trinajstić information content (AvgIpc) is 3.51. The Hall–Kier alpha value is -4.36. The highest BCUT2D eigenvalue weighted by Crippen LogP contribution is 2.34. The van der Waals surface area contributed by atoms with Crippen LogP contribution in [0.5, 0.6) is 0 Å². The molecule has 0 saturated heterocycles. The molecular weight excluding hydrogens is 439 g/mol. The second kappa shape index (κ2) is 8.77. The van der Waals surface area contributed by atoms with Crippen LogP contribution in [0.15, 0.2) is 79.3 Å². The zero-order valence-electron chi connectivity index (χ0n) is 19.1. The van der Waals surface area contributed by atoms with E-state index in [1.807, 2.05) is 36.8 Å². The Morgan fingerprint density at radius 1 is 0.886 bits per heavy atom. The Balaban J connectivity index is 1.43. The number of nitrogens with one attached hydrogen (secondary N) is 3. The normalized spacial score (nSPS) is 11.5. The molecule has 0 saturated carbocycles. The van der Waals surface area contributed by atoms with Gasteiger partial charge in [0.1, 0.15) is 5.82 Å². The summed E-state index contributed by atoms with van der Waals surface area (Å²) >= 11 is 0. The van der Waals surface area contributed by atoms with Crippen molar-refractivity contribution in [3.8, 4) is 33.6 Å². The maximum atomic E-state index is 13.5. The fourth-order valence-corrected chi connectivity index (χ4v) is 4.45. The molecule has 0 amide bonds. The lowest BCUT2D eigenvalue weighted by Gasteiger charge is -2.06. The van der Waals surface area contributed by atoms with E-state index in [-0.39, 0.29) is 5.82 Å². The molecular formula is C28H23FN6. The van der Waals surface area contributed by atoms with E-state index in [9.17, 15) is 4.39 Å². The van der Waals surface area contributed by atoms with Gasteiger partial charge in [0.05, 0.1) is 11.4 Å². The van der Waals surface area contributed by atoms with E-state index in [0.717, 1.165) is 68.6 Å². The van der Waals surface area contributed by atoms with Gasteiger partial charge in [0.25, 0.3) is 0 Å². The van der Waals surface area contributed by atoms with Crippen molar-refractivity contribution in [1.29, 1.82) is 0 Å². The van der Waals surface area contributed by atoms with Crippen molar-refractivity contribution in [2.24, 2.45) is 0 Å². The van der Waals surface area contributed by atoms with Crippen molar-refractivity contribution in [3.63, 3.8) is 0 Å². The summed E-state index contributed by atoms with van der Waals surface area (Å²) in [4.78, 5) is 12.5. The van der Waals surface area contributed by atoms with E-state index < -0.39 is 0 Å². The minimum atomic E-state index is -0.245. The quantitative estimate of drug-likeness (QED) is 0.280. The fraction of sp³-hybridized carbons (Fsp3) is 0.107. The van der Waals surface area contributed by atoms with Crippen LogP contribution in [-0.4, -0.2) is 31.7 Å². The lowest BCUT2D eigenvalue weighted by Crippen LogP contribution is -2.11. The van der Waals surface area contributed by atoms with Crippen molar-refractivity contribution in [2.45, 2.75) is 13.5 Å². The third kappa shape index (κ3) is 3.96. The van der Waals surface area contributed by atoms with Crippen LogP contribution in [0.4, 0.5) is 4.39 Å². The molecule has 0 atom stereocenters. The smallest absolute Gasteiger partial charge is 0.181 e. The van der Waals surface area contributed by atoms with Crippen molar-refractivity contribution in [1.82, 2.24) is 30.5 Å². The molecule has 0 aliphatic heterocycles. The van der Waals surface area contributed by atoms with Gasteiger partial charge in [-0.2, -0.15) is 5.10 Å². The summed E-state index contributed by atoms with van der Waals surface area (Å²) in [6, 6.07) is 19.0. The number of hydrogen-bond donors (Lipinski definition) is 3. The number of H-pyrrole nitrogens is 2. The van der Waals surface area contributed by atoms with Gasteiger partial charge in [-0.25, -0.2) is 9.37 Å². The first-order valence-electron chi connectivity index (χ1n) is 11.6. The summed E-state index contributed by atoms with van der Waals surface area (Å²) in [6.07, 6.45) is 5.57. The van der Waals surface area contributed by atoms with Crippen LogP contribution in [0, 0.1) is 5.82 Å². The van der Waals surface area contributed by atoms with Gasteiger partial charge < -0.3 is 10.3 Å². The molecule has 7 heteroatoms. The maximum absolute atomic E-state index is 13.5. The van der Waals surface area contributed by atoms with Crippen LogP contribution in [0.2, 0.25) is 0 Å². The number of aromatic amines is 2. The Kier molecular flexibility index (Phi) is 5.31. The Labute approximate surface area is 201 Å². The third-order valence-corrected chi connectivity index (χ3v) is 6.21. The number of fused-ring (bicyclic) bond motifs is 2. The van der Waals surface area contributed by atoms with Gasteiger partial charge in [-0.15, -0.1) is 0 Å². The molecule has 4 aromatic heterocycles. The molecule has 35 heavy (non-hydrogen) atoms. The highest BCUT2D eigenvalue weighted by atomic mass is 19.1. The third-order valence-electron chi connectivity index (χ3n) is 6.21. The molecule has 2 aromatic carbocycles. The van der Waals surface area contributed by atoms with Crippen LogP contribution in [0.1, 0.15) is 12.5 Å². The Morgan fingerprint density at radius 3 is 2.60 bits per heavy atom. The number of nitrogens with zero attached hydrogens (tertiary/aromatic N) is 3. The molecule has 4 heterocycles. The number of halogens is 1. The van der Waals surface area contributed by atoms with Gasteiger partial charge in [-0.1, -0.05) is 31.2 Å². The average molecular weight is 463 g/mol. The molecule has 3 N–H and O–H groups in total. The van der Waals surface area contributed by atoms with Crippen molar-refractivity contribution in [3.05, 3.63) is 90.6 Å². The van der Waals surface area contributed by atoms with Crippen LogP contribution in [-0.2, 0) is 6.54 Å². The first kappa shape index (κ1) is 21.2. The van der Waals surface area contributed by atoms with Gasteiger partial charge in [0.15, 0.2) is 5.65 Å². The molecule has 0 fully saturated rings. The molecule has 172 valence electrons. The molecule has 6 nitrogen and oxygen atoms in total. The number of pyridine rings is 2. The standard InChI is InChI=1S/C28H23FN6/c1-2-30-13-17-10-19(15-31-14-17)20-11-24-27(34-35-28(24)32-16-20)26-12-23-22(4-3-5-25(23)33-26)18-6-8-21(29)9-7-18/h3-12,14-16,30,33H,2,13H2,1H3,(H,32,34,35). The number of rotatable bonds is 6. The summed E-state index contributed by atoms with van der Waals surface area (Å²) in [7, 11) is 0. The molecule has 0 aliphatic rings. The SMILES string of the molecule is CCNCc1cncc(-c2cnc3n[nH]c(-c4cc5c(-c6ccc(F)cc6)cccc5[nH]4)c3c2)c1. The molecule has 6 rings (SSSR count). The molecule has 0 spiro atoms. The molecule has 0 unspecified atom stereocenters. The maximum Gasteiger partial charge on any atom is 0.181 e. The van der Waals surface area contributed by atoms with Crippen LogP contribution in [0.3, 0.4) is 0 Å². The fourth-order valence-electron chi connectivity index (χ4n) is 4.45. The van der Waals surface area contributed by atoms with E-state index >= 15 is 0 Å². The van der Waals surface area contributed by atoms with Crippen LogP contribution >= 0.6 is 0 Å². The topological polar surface area (TPSA) is 82.3 Å². The summed E-state index contributed by atoms with van der Waals surface area (Å²) in [5.41, 5.74) is 8.54. The Bertz CT molecular complexity index is 1650. The van der Waals surface area contributed by atoms with E-state index in [0.29, 0.717) is 5.65 Å². The molecule has 0 aliphatic carbocycles. The number of aromatic nitrogens is 5. The van der Waals surface area contributed by atoms with E-state index in [1.54, 1.807) is 12.1 Å². The van der Waals surface area contributed by atoms with Gasteiger partial charge in [0, 0.05) is 52.6 Å². The summed E-state index contributed by atoms with van der Waals surface area (Å²) in [6.45, 7) is 3.77. The minimum Gasteiger partial charge on any atom is -0.353 e. The summed E-state index contributed by atoms with van der Waals surface area (Å²) in [5, 5.41) is 12.9.